The zero-order valence-corrected chi connectivity index (χ0v) is 25.2. The van der Waals surface area contributed by atoms with Gasteiger partial charge in [0.15, 0.2) is 11.7 Å². The third kappa shape index (κ3) is 10.4. The van der Waals surface area contributed by atoms with Gasteiger partial charge in [0, 0.05) is 31.4 Å². The SMILES string of the molecule is C=C(Nc1ccccc1NC(=O)c1ccc(CN(CCN(C)C)C(=C)NCC(=O)c2ccccc2)cn1)OC(C)(C)C. The average Bonchev–Trinajstić information content (AvgIpc) is 2.94. The molecule has 222 valence electrons. The van der Waals surface area contributed by atoms with Crippen molar-refractivity contribution in [1.29, 1.82) is 0 Å². The zero-order valence-electron chi connectivity index (χ0n) is 25.2. The molecule has 0 saturated carbocycles. The molecular formula is C33H42N6O3. The van der Waals surface area contributed by atoms with Crippen LogP contribution in [0.15, 0.2) is 97.8 Å². The maximum Gasteiger partial charge on any atom is 0.274 e. The van der Waals surface area contributed by atoms with Gasteiger partial charge in [0.1, 0.15) is 11.3 Å². The quantitative estimate of drug-likeness (QED) is 0.166. The molecule has 0 aliphatic carbocycles. The molecule has 1 aromatic heterocycles. The van der Waals surface area contributed by atoms with Gasteiger partial charge < -0.3 is 30.5 Å². The summed E-state index contributed by atoms with van der Waals surface area (Å²) in [6.45, 7) is 16.0. The van der Waals surface area contributed by atoms with Crippen molar-refractivity contribution >= 4 is 23.1 Å². The second kappa shape index (κ2) is 14.8. The third-order valence-electron chi connectivity index (χ3n) is 6.06. The number of likely N-dealkylation sites (N-methyl/N-ethyl adjacent to an activating group) is 1. The van der Waals surface area contributed by atoms with Crippen LogP contribution in [0.1, 0.15) is 47.2 Å². The van der Waals surface area contributed by atoms with Crippen molar-refractivity contribution in [2.24, 2.45) is 0 Å². The number of aromatic nitrogens is 1. The summed E-state index contributed by atoms with van der Waals surface area (Å²) in [4.78, 5) is 34.2. The minimum atomic E-state index is -0.405. The molecule has 3 N–H and O–H groups in total. The number of carbonyl (C=O) groups is 2. The summed E-state index contributed by atoms with van der Waals surface area (Å²) in [6, 6.07) is 20.1. The lowest BCUT2D eigenvalue weighted by molar-refractivity contribution is 0.0565. The summed E-state index contributed by atoms with van der Waals surface area (Å²) in [7, 11) is 4.01. The number of pyridine rings is 1. The monoisotopic (exact) mass is 570 g/mol. The van der Waals surface area contributed by atoms with Crippen LogP contribution < -0.4 is 16.0 Å². The summed E-state index contributed by atoms with van der Waals surface area (Å²) in [5.41, 5.74) is 2.67. The molecule has 0 aliphatic rings. The molecule has 0 saturated heterocycles. The second-order valence-electron chi connectivity index (χ2n) is 11.1. The number of benzene rings is 2. The van der Waals surface area contributed by atoms with Gasteiger partial charge in [-0.1, -0.05) is 55.1 Å². The highest BCUT2D eigenvalue weighted by atomic mass is 16.5. The highest BCUT2D eigenvalue weighted by molar-refractivity contribution is 6.04. The largest absolute Gasteiger partial charge is 0.474 e. The van der Waals surface area contributed by atoms with Crippen LogP contribution in [0.2, 0.25) is 0 Å². The third-order valence-corrected chi connectivity index (χ3v) is 6.06. The Labute approximate surface area is 249 Å². The summed E-state index contributed by atoms with van der Waals surface area (Å²) in [5, 5.41) is 9.20. The van der Waals surface area contributed by atoms with Crippen LogP contribution in [0.3, 0.4) is 0 Å². The number of Topliss-reactive ketones (excluding diaryl/α,β-unsaturated/α-hetero) is 1. The zero-order chi connectivity index (χ0) is 30.7. The van der Waals surface area contributed by atoms with Crippen LogP contribution in [0, 0.1) is 0 Å². The van der Waals surface area contributed by atoms with E-state index in [4.69, 9.17) is 4.74 Å². The van der Waals surface area contributed by atoms with E-state index in [9.17, 15) is 9.59 Å². The number of ether oxygens (including phenoxy) is 1. The molecule has 1 heterocycles. The maximum atomic E-state index is 13.0. The smallest absolute Gasteiger partial charge is 0.274 e. The lowest BCUT2D eigenvalue weighted by Crippen LogP contribution is -2.37. The number of nitrogens with zero attached hydrogens (tertiary/aromatic N) is 3. The number of nitrogens with one attached hydrogen (secondary N) is 3. The second-order valence-corrected chi connectivity index (χ2v) is 11.1. The molecule has 1 amide bonds. The van der Waals surface area contributed by atoms with Crippen molar-refractivity contribution in [2.75, 3.05) is 44.4 Å². The van der Waals surface area contributed by atoms with Gasteiger partial charge in [-0.15, -0.1) is 0 Å². The van der Waals surface area contributed by atoms with E-state index in [1.54, 1.807) is 30.5 Å². The van der Waals surface area contributed by atoms with E-state index in [0.717, 1.165) is 12.1 Å². The molecule has 2 aromatic carbocycles. The van der Waals surface area contributed by atoms with E-state index in [1.807, 2.05) is 77.3 Å². The van der Waals surface area contributed by atoms with E-state index in [1.165, 1.54) is 0 Å². The van der Waals surface area contributed by atoms with Crippen molar-refractivity contribution in [3.63, 3.8) is 0 Å². The predicted octanol–water partition coefficient (Wildman–Crippen LogP) is 5.34. The minimum absolute atomic E-state index is 0.0100. The number of amides is 1. The Morgan fingerprint density at radius 1 is 0.881 bits per heavy atom. The fourth-order valence-electron chi connectivity index (χ4n) is 3.96. The van der Waals surface area contributed by atoms with Crippen molar-refractivity contribution in [3.8, 4) is 0 Å². The first-order valence-corrected chi connectivity index (χ1v) is 13.8. The van der Waals surface area contributed by atoms with E-state index in [0.29, 0.717) is 41.7 Å². The number of ketones is 1. The summed E-state index contributed by atoms with van der Waals surface area (Å²) in [5.74, 6) is 0.673. The number of hydrogen-bond acceptors (Lipinski definition) is 8. The van der Waals surface area contributed by atoms with Crippen molar-refractivity contribution in [3.05, 3.63) is 115 Å². The predicted molar refractivity (Wildman–Crippen MR) is 169 cm³/mol. The standard InChI is InChI=1S/C33H42N6O3/c1-24(34-22-31(40)27-13-9-8-10-14-27)39(20-19-38(6)7)23-26-17-18-30(35-21-26)32(41)37-29-16-12-11-15-28(29)36-25(2)42-33(3,4)5/h8-18,21,34,36H,1-2,19-20,22-23H2,3-7H3,(H,37,41). The molecule has 0 spiro atoms. The summed E-state index contributed by atoms with van der Waals surface area (Å²) < 4.78 is 5.76. The molecule has 0 radical (unpaired) electrons. The molecule has 0 bridgehead atoms. The first-order valence-electron chi connectivity index (χ1n) is 13.8. The first kappa shape index (κ1) is 31.9. The van der Waals surface area contributed by atoms with Gasteiger partial charge >= 0.3 is 0 Å². The Morgan fingerprint density at radius 2 is 1.52 bits per heavy atom. The number of para-hydroxylation sites is 2. The molecule has 9 heteroatoms. The van der Waals surface area contributed by atoms with E-state index in [-0.39, 0.29) is 23.9 Å². The lowest BCUT2D eigenvalue weighted by atomic mass is 10.1. The van der Waals surface area contributed by atoms with Crippen LogP contribution in [0.5, 0.6) is 0 Å². The van der Waals surface area contributed by atoms with Gasteiger partial charge in [0.05, 0.1) is 23.7 Å². The van der Waals surface area contributed by atoms with Gasteiger partial charge in [-0.25, -0.2) is 0 Å². The normalized spacial score (nSPS) is 11.0. The molecule has 3 rings (SSSR count). The van der Waals surface area contributed by atoms with Gasteiger partial charge in [-0.2, -0.15) is 0 Å². The van der Waals surface area contributed by atoms with Crippen LogP contribution in [0.25, 0.3) is 0 Å². The number of anilines is 2. The Hall–Kier alpha value is -4.63. The number of hydrogen-bond donors (Lipinski definition) is 3. The molecule has 0 aliphatic heterocycles. The van der Waals surface area contributed by atoms with Crippen molar-refractivity contribution in [1.82, 2.24) is 20.1 Å². The van der Waals surface area contributed by atoms with Crippen LogP contribution in [-0.2, 0) is 11.3 Å². The topological polar surface area (TPSA) is 98.8 Å². The highest BCUT2D eigenvalue weighted by Gasteiger charge is 2.16. The molecule has 0 unspecified atom stereocenters. The van der Waals surface area contributed by atoms with E-state index in [2.05, 4.69) is 43.9 Å². The summed E-state index contributed by atoms with van der Waals surface area (Å²) in [6.07, 6.45) is 1.68. The Morgan fingerprint density at radius 3 is 2.12 bits per heavy atom. The number of carbonyl (C=O) groups excluding carboxylic acids is 2. The van der Waals surface area contributed by atoms with E-state index >= 15 is 0 Å². The van der Waals surface area contributed by atoms with Crippen LogP contribution in [0.4, 0.5) is 11.4 Å². The fourth-order valence-corrected chi connectivity index (χ4v) is 3.96. The number of rotatable bonds is 15. The maximum absolute atomic E-state index is 13.0. The molecule has 0 fully saturated rings. The van der Waals surface area contributed by atoms with Crippen LogP contribution in [-0.4, -0.2) is 65.8 Å². The van der Waals surface area contributed by atoms with Gasteiger partial charge in [-0.05, 0) is 65.2 Å². The van der Waals surface area contributed by atoms with E-state index < -0.39 is 5.60 Å². The lowest BCUT2D eigenvalue weighted by Gasteiger charge is -2.28. The van der Waals surface area contributed by atoms with Crippen LogP contribution >= 0.6 is 0 Å². The Balaban J connectivity index is 1.63. The highest BCUT2D eigenvalue weighted by Crippen LogP contribution is 2.24. The summed E-state index contributed by atoms with van der Waals surface area (Å²) >= 11 is 0. The minimum Gasteiger partial charge on any atom is -0.474 e. The fraction of sp³-hybridized carbons (Fsp3) is 0.303. The van der Waals surface area contributed by atoms with Gasteiger partial charge in [-0.3, -0.25) is 14.6 Å². The first-order chi connectivity index (χ1) is 19.9. The molecule has 3 aromatic rings. The Bertz CT molecular complexity index is 1360. The van der Waals surface area contributed by atoms with Crippen molar-refractivity contribution < 1.29 is 14.3 Å². The molecular weight excluding hydrogens is 528 g/mol. The average molecular weight is 571 g/mol. The molecule has 42 heavy (non-hydrogen) atoms. The van der Waals surface area contributed by atoms with Gasteiger partial charge in [0.25, 0.3) is 5.91 Å². The Kier molecular flexibility index (Phi) is 11.3. The van der Waals surface area contributed by atoms with Crippen molar-refractivity contribution in [2.45, 2.75) is 32.9 Å². The molecule has 9 nitrogen and oxygen atoms in total. The molecule has 0 atom stereocenters. The van der Waals surface area contributed by atoms with Gasteiger partial charge in [0.2, 0.25) is 0 Å².